The van der Waals surface area contributed by atoms with Crippen LogP contribution in [0.3, 0.4) is 0 Å². The third kappa shape index (κ3) is 6.41. The minimum absolute atomic E-state index is 0.00251. The van der Waals surface area contributed by atoms with Crippen molar-refractivity contribution in [3.8, 4) is 11.1 Å². The lowest BCUT2D eigenvalue weighted by Gasteiger charge is -2.26. The molecule has 3 rings (SSSR count). The van der Waals surface area contributed by atoms with Crippen LogP contribution in [0, 0.1) is 5.82 Å². The van der Waals surface area contributed by atoms with E-state index < -0.39 is 14.6 Å². The van der Waals surface area contributed by atoms with Crippen molar-refractivity contribution in [2.75, 3.05) is 13.4 Å². The highest BCUT2D eigenvalue weighted by Crippen LogP contribution is 2.28. The number of aryl methyl sites for hydroxylation is 2. The number of aromatic nitrogens is 1. The van der Waals surface area contributed by atoms with Crippen LogP contribution in [0.25, 0.3) is 21.9 Å². The van der Waals surface area contributed by atoms with Gasteiger partial charge in [0.05, 0.1) is 5.60 Å². The van der Waals surface area contributed by atoms with Crippen LogP contribution in [0.2, 0.25) is 0 Å². The number of nitrogens with zero attached hydrogens (tertiary/aromatic N) is 1. The second-order valence-electron chi connectivity index (χ2n) is 10.8. The molecule has 0 amide bonds. The lowest BCUT2D eigenvalue weighted by atomic mass is 9.96. The number of ketones is 1. The molecule has 0 saturated heterocycles. The number of methoxy groups -OCH3 is 1. The maximum atomic E-state index is 15.0. The molecule has 2 aromatic carbocycles. The van der Waals surface area contributed by atoms with Gasteiger partial charge in [-0.2, -0.15) is 0 Å². The molecule has 0 fully saturated rings. The van der Waals surface area contributed by atoms with Crippen LogP contribution in [0.1, 0.15) is 58.9 Å². The molecular formula is C30H38FNO5S. The highest BCUT2D eigenvalue weighted by molar-refractivity contribution is 7.92. The van der Waals surface area contributed by atoms with Crippen molar-refractivity contribution in [3.05, 3.63) is 70.4 Å². The van der Waals surface area contributed by atoms with Crippen molar-refractivity contribution in [1.82, 2.24) is 4.57 Å². The first-order valence-electron chi connectivity index (χ1n) is 12.9. The van der Waals surface area contributed by atoms with Crippen molar-refractivity contribution < 1.29 is 22.3 Å². The van der Waals surface area contributed by atoms with Gasteiger partial charge in [-0.1, -0.05) is 25.1 Å². The quantitative estimate of drug-likeness (QED) is 0.291. The van der Waals surface area contributed by atoms with Gasteiger partial charge in [-0.05, 0) is 87.2 Å². The van der Waals surface area contributed by atoms with Crippen molar-refractivity contribution in [2.45, 2.75) is 76.7 Å². The molecule has 1 atom stereocenters. The summed E-state index contributed by atoms with van der Waals surface area (Å²) in [6.07, 6.45) is 5.26. The molecule has 0 saturated carbocycles. The first-order valence-corrected chi connectivity index (χ1v) is 14.8. The predicted octanol–water partition coefficient (Wildman–Crippen LogP) is 5.73. The fraction of sp³-hybridized carbons (Fsp3) is 0.467. The summed E-state index contributed by atoms with van der Waals surface area (Å²) in [6, 6.07) is 12.2. The summed E-state index contributed by atoms with van der Waals surface area (Å²) in [4.78, 5) is 25.6. The molecule has 1 heterocycles. The number of carbonyl (C=O) groups is 1. The van der Waals surface area contributed by atoms with E-state index in [-0.39, 0.29) is 42.1 Å². The second-order valence-corrected chi connectivity index (χ2v) is 13.2. The van der Waals surface area contributed by atoms with Gasteiger partial charge in [0.15, 0.2) is 15.6 Å². The van der Waals surface area contributed by atoms with Crippen LogP contribution < -0.4 is 5.56 Å². The number of pyridine rings is 1. The summed E-state index contributed by atoms with van der Waals surface area (Å²) < 4.78 is 45.1. The Morgan fingerprint density at radius 3 is 2.37 bits per heavy atom. The fourth-order valence-corrected chi connectivity index (χ4v) is 5.66. The van der Waals surface area contributed by atoms with Crippen molar-refractivity contribution >= 4 is 26.4 Å². The van der Waals surface area contributed by atoms with Crippen LogP contribution in [0.5, 0.6) is 0 Å². The molecule has 38 heavy (non-hydrogen) atoms. The number of Topliss-reactive ketones (excluding diaryl/α,β-unsaturated/α-hetero) is 1. The average molecular weight is 544 g/mol. The number of benzene rings is 2. The summed E-state index contributed by atoms with van der Waals surface area (Å²) in [5.74, 6) is -0.688. The average Bonchev–Trinajstić information content (AvgIpc) is 2.86. The molecule has 0 bridgehead atoms. The van der Waals surface area contributed by atoms with Crippen molar-refractivity contribution in [3.63, 3.8) is 0 Å². The van der Waals surface area contributed by atoms with E-state index in [1.54, 1.807) is 56.6 Å². The van der Waals surface area contributed by atoms with E-state index in [9.17, 15) is 18.0 Å². The lowest BCUT2D eigenvalue weighted by molar-refractivity contribution is -0.121. The van der Waals surface area contributed by atoms with Gasteiger partial charge in [-0.3, -0.25) is 9.59 Å². The number of ether oxygens (including phenoxy) is 1. The highest BCUT2D eigenvalue weighted by Gasteiger charge is 2.41. The zero-order chi connectivity index (χ0) is 28.3. The van der Waals surface area contributed by atoms with Gasteiger partial charge in [0.2, 0.25) is 0 Å². The number of hydrogen-bond acceptors (Lipinski definition) is 5. The molecule has 206 valence electrons. The van der Waals surface area contributed by atoms with Gasteiger partial charge in [0, 0.05) is 43.5 Å². The summed E-state index contributed by atoms with van der Waals surface area (Å²) in [5, 5.41) is 1.10. The summed E-state index contributed by atoms with van der Waals surface area (Å²) in [7, 11) is -1.97. The molecule has 0 aliphatic heterocycles. The minimum atomic E-state index is -3.66. The van der Waals surface area contributed by atoms with Gasteiger partial charge in [0.1, 0.15) is 10.6 Å². The third-order valence-corrected chi connectivity index (χ3v) is 9.75. The number of carbonyl (C=O) groups excluding carboxylic acids is 1. The number of fused-ring (bicyclic) bond motifs is 1. The molecule has 8 heteroatoms. The predicted molar refractivity (Wildman–Crippen MR) is 151 cm³/mol. The number of rotatable bonds is 12. The smallest absolute Gasteiger partial charge is 0.258 e. The topological polar surface area (TPSA) is 82.4 Å². The lowest BCUT2D eigenvalue weighted by Crippen LogP contribution is -2.44. The zero-order valence-corrected chi connectivity index (χ0v) is 24.0. The molecule has 0 unspecified atom stereocenters. The highest BCUT2D eigenvalue weighted by atomic mass is 32.2. The minimum Gasteiger partial charge on any atom is -0.379 e. The van der Waals surface area contributed by atoms with E-state index in [0.29, 0.717) is 21.9 Å². The van der Waals surface area contributed by atoms with Crippen LogP contribution in [-0.2, 0) is 32.3 Å². The van der Waals surface area contributed by atoms with E-state index in [1.807, 2.05) is 19.9 Å². The first kappa shape index (κ1) is 29.7. The Morgan fingerprint density at radius 2 is 1.76 bits per heavy atom. The zero-order valence-electron chi connectivity index (χ0n) is 23.1. The SMILES string of the molecule is CCC(=O)[C@@](C)(CCn1ccc2cc(-c3ccc(CCCC(C)(C)OC)cc3F)ccc2c1=O)S(C)(=O)=O. The molecule has 1 aromatic heterocycles. The molecule has 0 spiro atoms. The summed E-state index contributed by atoms with van der Waals surface area (Å²) in [6.45, 7) is 7.21. The van der Waals surface area contributed by atoms with Crippen LogP contribution in [0.4, 0.5) is 4.39 Å². The third-order valence-electron chi connectivity index (χ3n) is 7.68. The van der Waals surface area contributed by atoms with Crippen LogP contribution in [0.15, 0.2) is 53.5 Å². The molecule has 6 nitrogen and oxygen atoms in total. The van der Waals surface area contributed by atoms with E-state index in [4.69, 9.17) is 4.74 Å². The fourth-order valence-electron chi connectivity index (χ4n) is 4.64. The van der Waals surface area contributed by atoms with Gasteiger partial charge in [0.25, 0.3) is 5.56 Å². The second kappa shape index (κ2) is 11.5. The number of sulfone groups is 1. The molecule has 0 aliphatic carbocycles. The van der Waals surface area contributed by atoms with Crippen molar-refractivity contribution in [1.29, 1.82) is 0 Å². The molecule has 0 radical (unpaired) electrons. The Kier molecular flexibility index (Phi) is 8.99. The number of halogens is 1. The molecule has 0 aliphatic rings. The molecule has 0 N–H and O–H groups in total. The van der Waals surface area contributed by atoms with E-state index in [0.717, 1.165) is 31.1 Å². The van der Waals surface area contributed by atoms with Gasteiger partial charge in [-0.15, -0.1) is 0 Å². The van der Waals surface area contributed by atoms with Gasteiger partial charge in [-0.25, -0.2) is 12.8 Å². The maximum absolute atomic E-state index is 15.0. The Bertz CT molecular complexity index is 1490. The standard InChI is InChI=1S/C30H38FNO5S/c1-7-27(33)30(4,38(6,35)36)16-18-32-17-14-23-20-22(11-13-25(23)28(32)34)24-12-10-21(19-26(24)31)9-8-15-29(2,3)37-5/h10-14,17,19-20H,7-9,15-16,18H2,1-6H3/t30-/m1/s1. The summed E-state index contributed by atoms with van der Waals surface area (Å²) in [5.41, 5.74) is 1.55. The normalized spacial score (nSPS) is 14.0. The monoisotopic (exact) mass is 543 g/mol. The Morgan fingerprint density at radius 1 is 1.05 bits per heavy atom. The van der Waals surface area contributed by atoms with Gasteiger partial charge < -0.3 is 9.30 Å². The van der Waals surface area contributed by atoms with E-state index in [2.05, 4.69) is 0 Å². The van der Waals surface area contributed by atoms with E-state index >= 15 is 4.39 Å². The van der Waals surface area contributed by atoms with Gasteiger partial charge >= 0.3 is 0 Å². The molecule has 3 aromatic rings. The Labute approximate surface area is 224 Å². The van der Waals surface area contributed by atoms with E-state index in [1.165, 1.54) is 11.5 Å². The Hall–Kier alpha value is -2.84. The van der Waals surface area contributed by atoms with Crippen LogP contribution >= 0.6 is 0 Å². The van der Waals surface area contributed by atoms with Crippen molar-refractivity contribution in [2.24, 2.45) is 0 Å². The maximum Gasteiger partial charge on any atom is 0.258 e. The van der Waals surface area contributed by atoms with Crippen LogP contribution in [-0.4, -0.2) is 42.5 Å². The number of hydrogen-bond donors (Lipinski definition) is 0. The molecular weight excluding hydrogens is 505 g/mol. The Balaban J connectivity index is 1.82. The first-order chi connectivity index (χ1) is 17.7. The largest absolute Gasteiger partial charge is 0.379 e. The summed E-state index contributed by atoms with van der Waals surface area (Å²) >= 11 is 0.